The summed E-state index contributed by atoms with van der Waals surface area (Å²) in [4.78, 5) is -0.676. The van der Waals surface area contributed by atoms with Gasteiger partial charge in [0.1, 0.15) is 0 Å². The van der Waals surface area contributed by atoms with E-state index in [9.17, 15) is 0 Å². The van der Waals surface area contributed by atoms with E-state index in [-0.39, 0.29) is 5.05 Å². The van der Waals surface area contributed by atoms with Gasteiger partial charge in [-0.25, -0.2) is 0 Å². The van der Waals surface area contributed by atoms with Crippen LogP contribution in [-0.4, -0.2) is 16.5 Å². The lowest BCUT2D eigenvalue weighted by Gasteiger charge is -2.02. The van der Waals surface area contributed by atoms with Gasteiger partial charge in [0.15, 0.2) is 9.89 Å². The molecule has 0 aromatic heterocycles. The summed E-state index contributed by atoms with van der Waals surface area (Å²) in [6.07, 6.45) is 0. The van der Waals surface area contributed by atoms with E-state index in [0.29, 0.717) is 6.61 Å². The average molecular weight is 173 g/mol. The third-order valence-corrected chi connectivity index (χ3v) is 1.47. The second-order valence-electron chi connectivity index (χ2n) is 1.05. The van der Waals surface area contributed by atoms with Gasteiger partial charge in [0, 0.05) is 0 Å². The van der Waals surface area contributed by atoms with Crippen LogP contribution in [0.5, 0.6) is 0 Å². The average Bonchev–Trinajstić information content (AvgIpc) is 1.67. The third kappa shape index (κ3) is 3.47. The second-order valence-corrected chi connectivity index (χ2v) is 2.55. The summed E-state index contributed by atoms with van der Waals surface area (Å²) < 4.78 is 4.77. The fourth-order valence-corrected chi connectivity index (χ4v) is 0.449. The normalized spacial score (nSPS) is 9.50. The first kappa shape index (κ1) is 8.47. The first-order chi connectivity index (χ1) is 3.68. The summed E-state index contributed by atoms with van der Waals surface area (Å²) in [6.45, 7) is 2.34. The fourth-order valence-electron chi connectivity index (χ4n) is 0.205. The monoisotopic (exact) mass is 172 g/mol. The maximum absolute atomic E-state index is 5.31. The number of ether oxygens (including phenoxy) is 1. The Morgan fingerprint density at radius 3 is 2.38 bits per heavy atom. The predicted octanol–water partition coefficient (Wildman–Crippen LogP) is 2.15. The van der Waals surface area contributed by atoms with Gasteiger partial charge < -0.3 is 4.74 Å². The molecule has 0 amide bonds. The van der Waals surface area contributed by atoms with Crippen molar-refractivity contribution < 1.29 is 4.74 Å². The predicted molar refractivity (Wildman–Crippen MR) is 39.7 cm³/mol. The largest absolute Gasteiger partial charge is 0.485 e. The van der Waals surface area contributed by atoms with Crippen molar-refractivity contribution in [3.63, 3.8) is 0 Å². The number of hydrogen-bond donors (Lipinski definition) is 0. The van der Waals surface area contributed by atoms with Gasteiger partial charge in [-0.1, -0.05) is 23.2 Å². The summed E-state index contributed by atoms with van der Waals surface area (Å²) in [5, 5.41) is 0.246. The molecule has 0 radical (unpaired) electrons. The lowest BCUT2D eigenvalue weighted by molar-refractivity contribution is 0.332. The SMILES string of the molecule is CCOC(=S)C(Cl)Cl. The van der Waals surface area contributed by atoms with Gasteiger partial charge in [0.25, 0.3) is 0 Å². The van der Waals surface area contributed by atoms with Crippen molar-refractivity contribution in [3.8, 4) is 0 Å². The van der Waals surface area contributed by atoms with Crippen molar-refractivity contribution in [2.24, 2.45) is 0 Å². The van der Waals surface area contributed by atoms with Crippen LogP contribution in [0.25, 0.3) is 0 Å². The van der Waals surface area contributed by atoms with E-state index in [2.05, 4.69) is 12.2 Å². The van der Waals surface area contributed by atoms with Crippen LogP contribution in [0, 0.1) is 0 Å². The Bertz CT molecular complexity index is 84.1. The summed E-state index contributed by atoms with van der Waals surface area (Å²) >= 11 is 15.2. The van der Waals surface area contributed by atoms with Gasteiger partial charge >= 0.3 is 0 Å². The number of hydrogen-bond acceptors (Lipinski definition) is 2. The molecule has 0 aromatic rings. The standard InChI is InChI=1S/C4H6Cl2OS/c1-2-7-4(8)3(5)6/h3H,2H2,1H3. The van der Waals surface area contributed by atoms with Gasteiger partial charge in [0.2, 0.25) is 0 Å². The van der Waals surface area contributed by atoms with Gasteiger partial charge in [-0.2, -0.15) is 0 Å². The third-order valence-electron chi connectivity index (χ3n) is 0.465. The smallest absolute Gasteiger partial charge is 0.192 e. The minimum atomic E-state index is -0.676. The molecule has 48 valence electrons. The first-order valence-corrected chi connectivity index (χ1v) is 3.41. The van der Waals surface area contributed by atoms with Crippen LogP contribution < -0.4 is 0 Å². The van der Waals surface area contributed by atoms with Crippen LogP contribution in [0.1, 0.15) is 6.92 Å². The number of alkyl halides is 2. The molecule has 0 fully saturated rings. The molecule has 0 bridgehead atoms. The van der Waals surface area contributed by atoms with Gasteiger partial charge in [-0.05, 0) is 19.1 Å². The molecule has 0 N–H and O–H groups in total. The molecule has 1 nitrogen and oxygen atoms in total. The van der Waals surface area contributed by atoms with Crippen molar-refractivity contribution >= 4 is 40.5 Å². The number of halogens is 2. The number of thiocarbonyl (C=S) groups is 1. The quantitative estimate of drug-likeness (QED) is 0.467. The molecule has 0 rings (SSSR count). The molecule has 0 spiro atoms. The van der Waals surface area contributed by atoms with Crippen molar-refractivity contribution in [2.75, 3.05) is 6.61 Å². The van der Waals surface area contributed by atoms with Gasteiger partial charge in [-0.15, -0.1) is 0 Å². The molecule has 0 aromatic carbocycles. The van der Waals surface area contributed by atoms with E-state index in [4.69, 9.17) is 27.9 Å². The Kier molecular flexibility index (Phi) is 4.61. The maximum Gasteiger partial charge on any atom is 0.192 e. The maximum atomic E-state index is 5.31. The molecule has 4 heteroatoms. The van der Waals surface area contributed by atoms with Gasteiger partial charge in [-0.3, -0.25) is 0 Å². The van der Waals surface area contributed by atoms with E-state index >= 15 is 0 Å². The molecule has 0 aliphatic heterocycles. The molecule has 0 atom stereocenters. The highest BCUT2D eigenvalue weighted by Crippen LogP contribution is 2.04. The molecule has 0 unspecified atom stereocenters. The highest BCUT2D eigenvalue weighted by Gasteiger charge is 2.05. The lowest BCUT2D eigenvalue weighted by atomic mass is 10.8. The van der Waals surface area contributed by atoms with Crippen molar-refractivity contribution in [1.82, 2.24) is 0 Å². The molecule has 0 aliphatic carbocycles. The molecule has 0 saturated heterocycles. The van der Waals surface area contributed by atoms with Crippen molar-refractivity contribution in [2.45, 2.75) is 11.8 Å². The molecule has 8 heavy (non-hydrogen) atoms. The van der Waals surface area contributed by atoms with Gasteiger partial charge in [0.05, 0.1) is 6.61 Å². The minimum absolute atomic E-state index is 0.246. The van der Waals surface area contributed by atoms with E-state index in [1.807, 2.05) is 6.92 Å². The molecule has 0 aliphatic rings. The first-order valence-electron chi connectivity index (χ1n) is 2.13. The van der Waals surface area contributed by atoms with Crippen LogP contribution in [-0.2, 0) is 4.74 Å². The molecule has 0 heterocycles. The van der Waals surface area contributed by atoms with Crippen LogP contribution in [0.3, 0.4) is 0 Å². The fraction of sp³-hybridized carbons (Fsp3) is 0.750. The summed E-state index contributed by atoms with van der Waals surface area (Å²) in [5.41, 5.74) is 0. The van der Waals surface area contributed by atoms with E-state index in [1.54, 1.807) is 0 Å². The summed E-state index contributed by atoms with van der Waals surface area (Å²) in [6, 6.07) is 0. The Morgan fingerprint density at radius 2 is 2.25 bits per heavy atom. The Hall–Kier alpha value is 0.470. The molecular weight excluding hydrogens is 167 g/mol. The van der Waals surface area contributed by atoms with Crippen LogP contribution in [0.15, 0.2) is 0 Å². The lowest BCUT2D eigenvalue weighted by Crippen LogP contribution is -2.08. The highest BCUT2D eigenvalue weighted by atomic mass is 35.5. The van der Waals surface area contributed by atoms with E-state index < -0.39 is 4.84 Å². The van der Waals surface area contributed by atoms with Crippen molar-refractivity contribution in [1.29, 1.82) is 0 Å². The number of rotatable bonds is 2. The van der Waals surface area contributed by atoms with Crippen LogP contribution in [0.4, 0.5) is 0 Å². The zero-order chi connectivity index (χ0) is 6.57. The highest BCUT2D eigenvalue weighted by molar-refractivity contribution is 7.80. The van der Waals surface area contributed by atoms with E-state index in [1.165, 1.54) is 0 Å². The topological polar surface area (TPSA) is 9.23 Å². The van der Waals surface area contributed by atoms with Crippen molar-refractivity contribution in [3.05, 3.63) is 0 Å². The van der Waals surface area contributed by atoms with E-state index in [0.717, 1.165) is 0 Å². The zero-order valence-electron chi connectivity index (χ0n) is 4.36. The molecular formula is C4H6Cl2OS. The van der Waals surface area contributed by atoms with Crippen LogP contribution >= 0.6 is 35.4 Å². The second kappa shape index (κ2) is 4.36. The Balaban J connectivity index is 3.33. The Morgan fingerprint density at radius 1 is 1.75 bits per heavy atom. The Labute approximate surface area is 63.9 Å². The summed E-state index contributed by atoms with van der Waals surface area (Å²) in [7, 11) is 0. The minimum Gasteiger partial charge on any atom is -0.485 e. The summed E-state index contributed by atoms with van der Waals surface area (Å²) in [5.74, 6) is 0. The zero-order valence-corrected chi connectivity index (χ0v) is 6.69. The van der Waals surface area contributed by atoms with Crippen LogP contribution in [0.2, 0.25) is 0 Å². The molecule has 0 saturated carbocycles.